The second-order valence-corrected chi connectivity index (χ2v) is 5.40. The number of nitrogens with one attached hydrogen (secondary N) is 1. The maximum Gasteiger partial charge on any atom is 0.0594 e. The van der Waals surface area contributed by atoms with Gasteiger partial charge in [0.25, 0.3) is 0 Å². The van der Waals surface area contributed by atoms with Crippen molar-refractivity contribution in [3.8, 4) is 0 Å². The number of likely N-dealkylation sites (N-methyl/N-ethyl adjacent to an activating group) is 1. The number of rotatable bonds is 5. The molecule has 0 aromatic carbocycles. The Balaban J connectivity index is 2.71. The van der Waals surface area contributed by atoms with Crippen molar-refractivity contribution in [1.82, 2.24) is 10.2 Å². The van der Waals surface area contributed by atoms with Gasteiger partial charge >= 0.3 is 0 Å². The molecular formula is C13H28N2O. The van der Waals surface area contributed by atoms with Crippen molar-refractivity contribution >= 4 is 0 Å². The molecule has 0 aromatic rings. The maximum atomic E-state index is 5.43. The van der Waals surface area contributed by atoms with Crippen LogP contribution in [0.25, 0.3) is 0 Å². The fourth-order valence-electron chi connectivity index (χ4n) is 2.91. The molecule has 1 rings (SSSR count). The monoisotopic (exact) mass is 228 g/mol. The molecule has 0 bridgehead atoms. The van der Waals surface area contributed by atoms with Gasteiger partial charge in [0.1, 0.15) is 0 Å². The van der Waals surface area contributed by atoms with E-state index in [-0.39, 0.29) is 5.54 Å². The average molecular weight is 228 g/mol. The molecule has 96 valence electrons. The number of nitrogens with zero attached hydrogens (tertiary/aromatic N) is 1. The topological polar surface area (TPSA) is 24.5 Å². The first kappa shape index (κ1) is 13.9. The van der Waals surface area contributed by atoms with Gasteiger partial charge in [-0.25, -0.2) is 0 Å². The summed E-state index contributed by atoms with van der Waals surface area (Å²) in [5, 5.41) is 3.51. The van der Waals surface area contributed by atoms with Crippen LogP contribution < -0.4 is 5.32 Å². The van der Waals surface area contributed by atoms with Crippen LogP contribution in [0.5, 0.6) is 0 Å². The number of hydrogen-bond donors (Lipinski definition) is 1. The molecule has 2 unspecified atom stereocenters. The zero-order valence-corrected chi connectivity index (χ0v) is 11.5. The zero-order chi connectivity index (χ0) is 12.2. The Morgan fingerprint density at radius 3 is 2.31 bits per heavy atom. The largest absolute Gasteiger partial charge is 0.379 e. The van der Waals surface area contributed by atoms with Gasteiger partial charge in [0.05, 0.1) is 13.2 Å². The fourth-order valence-corrected chi connectivity index (χ4v) is 2.91. The van der Waals surface area contributed by atoms with E-state index in [0.29, 0.717) is 12.0 Å². The molecule has 0 aliphatic carbocycles. The highest BCUT2D eigenvalue weighted by molar-refractivity contribution is 4.95. The molecule has 1 saturated heterocycles. The van der Waals surface area contributed by atoms with Crippen molar-refractivity contribution in [3.63, 3.8) is 0 Å². The summed E-state index contributed by atoms with van der Waals surface area (Å²) in [7, 11) is 2.08. The summed E-state index contributed by atoms with van der Waals surface area (Å²) in [5.41, 5.74) is 0.202. The second-order valence-electron chi connectivity index (χ2n) is 5.40. The Labute approximate surface area is 101 Å². The van der Waals surface area contributed by atoms with Crippen molar-refractivity contribution in [2.45, 2.75) is 45.7 Å². The van der Waals surface area contributed by atoms with E-state index in [0.717, 1.165) is 26.3 Å². The molecule has 0 saturated carbocycles. The van der Waals surface area contributed by atoms with Gasteiger partial charge in [0, 0.05) is 24.7 Å². The molecular weight excluding hydrogens is 200 g/mol. The van der Waals surface area contributed by atoms with Gasteiger partial charge in [-0.15, -0.1) is 0 Å². The lowest BCUT2D eigenvalue weighted by Crippen LogP contribution is -2.61. The summed E-state index contributed by atoms with van der Waals surface area (Å²) in [6, 6.07) is 0.538. The van der Waals surface area contributed by atoms with Gasteiger partial charge < -0.3 is 10.1 Å². The van der Waals surface area contributed by atoms with E-state index in [1.54, 1.807) is 0 Å². The van der Waals surface area contributed by atoms with Crippen LogP contribution >= 0.6 is 0 Å². The minimum absolute atomic E-state index is 0.202. The van der Waals surface area contributed by atoms with Crippen molar-refractivity contribution < 1.29 is 4.74 Å². The summed E-state index contributed by atoms with van der Waals surface area (Å²) >= 11 is 0. The first-order valence-electron chi connectivity index (χ1n) is 6.54. The molecule has 1 fully saturated rings. The SMILES string of the molecule is CCC(C)C(NC)C(C)(C)N1CCOCC1. The van der Waals surface area contributed by atoms with Crippen LogP contribution in [0.2, 0.25) is 0 Å². The lowest BCUT2D eigenvalue weighted by molar-refractivity contribution is -0.0297. The van der Waals surface area contributed by atoms with E-state index < -0.39 is 0 Å². The van der Waals surface area contributed by atoms with E-state index in [4.69, 9.17) is 4.74 Å². The number of morpholine rings is 1. The minimum Gasteiger partial charge on any atom is -0.379 e. The highest BCUT2D eigenvalue weighted by atomic mass is 16.5. The zero-order valence-electron chi connectivity index (χ0n) is 11.5. The summed E-state index contributed by atoms with van der Waals surface area (Å²) in [6.07, 6.45) is 1.22. The highest BCUT2D eigenvalue weighted by Gasteiger charge is 2.37. The van der Waals surface area contributed by atoms with Crippen molar-refractivity contribution in [2.24, 2.45) is 5.92 Å². The lowest BCUT2D eigenvalue weighted by Gasteiger charge is -2.47. The molecule has 0 spiro atoms. The molecule has 1 aliphatic heterocycles. The van der Waals surface area contributed by atoms with Crippen molar-refractivity contribution in [3.05, 3.63) is 0 Å². The van der Waals surface area contributed by atoms with Crippen LogP contribution in [-0.4, -0.2) is 49.8 Å². The molecule has 1 N–H and O–H groups in total. The fraction of sp³-hybridized carbons (Fsp3) is 1.00. The Hall–Kier alpha value is -0.120. The van der Waals surface area contributed by atoms with Crippen LogP contribution in [0.4, 0.5) is 0 Å². The molecule has 1 heterocycles. The molecule has 1 aliphatic rings. The van der Waals surface area contributed by atoms with Gasteiger partial charge in [0.2, 0.25) is 0 Å². The summed E-state index contributed by atoms with van der Waals surface area (Å²) in [4.78, 5) is 2.56. The molecule has 0 aromatic heterocycles. The first-order chi connectivity index (χ1) is 7.54. The van der Waals surface area contributed by atoms with E-state index >= 15 is 0 Å². The van der Waals surface area contributed by atoms with Crippen LogP contribution in [0, 0.1) is 5.92 Å². The smallest absolute Gasteiger partial charge is 0.0594 e. The maximum absolute atomic E-state index is 5.43. The van der Waals surface area contributed by atoms with Crippen LogP contribution in [0.3, 0.4) is 0 Å². The Morgan fingerprint density at radius 2 is 1.88 bits per heavy atom. The first-order valence-corrected chi connectivity index (χ1v) is 6.54. The summed E-state index contributed by atoms with van der Waals surface area (Å²) in [6.45, 7) is 13.2. The molecule has 16 heavy (non-hydrogen) atoms. The predicted octanol–water partition coefficient (Wildman–Crippen LogP) is 1.73. The Kier molecular flexibility index (Phi) is 5.22. The lowest BCUT2D eigenvalue weighted by atomic mass is 9.82. The normalized spacial score (nSPS) is 23.1. The predicted molar refractivity (Wildman–Crippen MR) is 68.8 cm³/mol. The average Bonchev–Trinajstić information content (AvgIpc) is 2.30. The van der Waals surface area contributed by atoms with Gasteiger partial charge in [-0.3, -0.25) is 4.90 Å². The minimum atomic E-state index is 0.202. The van der Waals surface area contributed by atoms with Crippen LogP contribution in [0.15, 0.2) is 0 Å². The van der Waals surface area contributed by atoms with E-state index in [1.165, 1.54) is 6.42 Å². The van der Waals surface area contributed by atoms with E-state index in [1.807, 2.05) is 0 Å². The van der Waals surface area contributed by atoms with Gasteiger partial charge in [0.15, 0.2) is 0 Å². The van der Waals surface area contributed by atoms with Crippen molar-refractivity contribution in [1.29, 1.82) is 0 Å². The Morgan fingerprint density at radius 1 is 1.31 bits per heavy atom. The third kappa shape index (κ3) is 2.96. The molecule has 0 amide bonds. The summed E-state index contributed by atoms with van der Waals surface area (Å²) in [5.74, 6) is 0.697. The highest BCUT2D eigenvalue weighted by Crippen LogP contribution is 2.26. The Bertz CT molecular complexity index is 200. The molecule has 3 heteroatoms. The van der Waals surface area contributed by atoms with Crippen LogP contribution in [0.1, 0.15) is 34.1 Å². The third-order valence-electron chi connectivity index (χ3n) is 4.11. The number of ether oxygens (including phenoxy) is 1. The molecule has 0 radical (unpaired) electrons. The molecule has 3 nitrogen and oxygen atoms in total. The standard InChI is InChI=1S/C13H28N2O/c1-6-11(2)12(14-5)13(3,4)15-7-9-16-10-8-15/h11-12,14H,6-10H2,1-5H3. The van der Waals surface area contributed by atoms with Gasteiger partial charge in [-0.05, 0) is 26.8 Å². The van der Waals surface area contributed by atoms with Crippen molar-refractivity contribution in [2.75, 3.05) is 33.4 Å². The molecule has 2 atom stereocenters. The van der Waals surface area contributed by atoms with E-state index in [9.17, 15) is 0 Å². The number of hydrogen-bond acceptors (Lipinski definition) is 3. The summed E-state index contributed by atoms with van der Waals surface area (Å²) < 4.78 is 5.43. The van der Waals surface area contributed by atoms with Crippen LogP contribution in [-0.2, 0) is 4.74 Å². The quantitative estimate of drug-likeness (QED) is 0.775. The van der Waals surface area contributed by atoms with E-state index in [2.05, 4.69) is 45.0 Å². The second kappa shape index (κ2) is 5.99. The van der Waals surface area contributed by atoms with Gasteiger partial charge in [-0.2, -0.15) is 0 Å². The third-order valence-corrected chi connectivity index (χ3v) is 4.11. The van der Waals surface area contributed by atoms with Gasteiger partial charge in [-0.1, -0.05) is 20.3 Å².